The second kappa shape index (κ2) is 17.8. The molecule has 0 aliphatic heterocycles. The number of anilines is 4. The Morgan fingerprint density at radius 3 is 2.02 bits per heavy atom. The molecule has 9 N–H and O–H groups in total. The second-order valence-corrected chi connectivity index (χ2v) is 11.8. The SMILES string of the molecule is C=CC(=O)Nc1cccc(-c2cc(-c3ccccc3)cc3c(N)ncnc23)c1.COc1cc(Br)cc(C(=O)O)c1N.COc1cccc(C(=O)O)c1N. The Morgan fingerprint density at radius 2 is 1.38 bits per heavy atom. The molecule has 0 spiro atoms. The Morgan fingerprint density at radius 1 is 0.736 bits per heavy atom. The first kappa shape index (κ1) is 38.9. The van der Waals surface area contributed by atoms with Crippen LogP contribution in [-0.4, -0.2) is 52.2 Å². The lowest BCUT2D eigenvalue weighted by atomic mass is 9.95. The number of benzene rings is 5. The molecular formula is C39H35BrN6O7. The third-order valence-electron chi connectivity index (χ3n) is 7.58. The fraction of sp³-hybridized carbons (Fsp3) is 0.0513. The van der Waals surface area contributed by atoms with Gasteiger partial charge in [0.05, 0.1) is 42.2 Å². The minimum absolute atomic E-state index is 0.0335. The lowest BCUT2D eigenvalue weighted by Crippen LogP contribution is -2.07. The van der Waals surface area contributed by atoms with Gasteiger partial charge in [0.1, 0.15) is 23.6 Å². The lowest BCUT2D eigenvalue weighted by Gasteiger charge is -2.12. The number of nitrogen functional groups attached to an aromatic ring is 3. The molecule has 6 aromatic rings. The highest BCUT2D eigenvalue weighted by molar-refractivity contribution is 9.10. The molecule has 1 heterocycles. The minimum atomic E-state index is -1.07. The number of amides is 1. The number of halogens is 1. The number of carboxylic acid groups (broad SMARTS) is 2. The largest absolute Gasteiger partial charge is 0.495 e. The van der Waals surface area contributed by atoms with Crippen molar-refractivity contribution in [3.63, 3.8) is 0 Å². The van der Waals surface area contributed by atoms with E-state index in [-0.39, 0.29) is 28.4 Å². The van der Waals surface area contributed by atoms with Crippen LogP contribution in [0, 0.1) is 0 Å². The number of ether oxygens (including phenoxy) is 2. The van der Waals surface area contributed by atoms with Crippen molar-refractivity contribution in [3.05, 3.63) is 132 Å². The summed E-state index contributed by atoms with van der Waals surface area (Å²) in [5.41, 5.74) is 22.9. The number of nitrogens with two attached hydrogens (primary N) is 3. The zero-order valence-corrected chi connectivity index (χ0v) is 30.1. The molecule has 13 nitrogen and oxygen atoms in total. The summed E-state index contributed by atoms with van der Waals surface area (Å²) in [4.78, 5) is 41.5. The van der Waals surface area contributed by atoms with E-state index >= 15 is 0 Å². The first-order valence-electron chi connectivity index (χ1n) is 15.5. The van der Waals surface area contributed by atoms with Crippen LogP contribution in [0.5, 0.6) is 11.5 Å². The zero-order valence-electron chi connectivity index (χ0n) is 28.5. The average molecular weight is 780 g/mol. The quantitative estimate of drug-likeness (QED) is 0.0657. The molecule has 53 heavy (non-hydrogen) atoms. The fourth-order valence-corrected chi connectivity index (χ4v) is 5.45. The van der Waals surface area contributed by atoms with Crippen LogP contribution in [0.3, 0.4) is 0 Å². The van der Waals surface area contributed by atoms with Crippen LogP contribution in [0.2, 0.25) is 0 Å². The molecule has 1 amide bonds. The van der Waals surface area contributed by atoms with Gasteiger partial charge in [0.25, 0.3) is 0 Å². The number of hydrogen-bond donors (Lipinski definition) is 6. The Labute approximate surface area is 312 Å². The lowest BCUT2D eigenvalue weighted by molar-refractivity contribution is -0.111. The van der Waals surface area contributed by atoms with Crippen molar-refractivity contribution in [3.8, 4) is 33.8 Å². The number of carbonyl (C=O) groups excluding carboxylic acids is 1. The maximum atomic E-state index is 11.7. The summed E-state index contributed by atoms with van der Waals surface area (Å²) in [7, 11) is 2.88. The summed E-state index contributed by atoms with van der Waals surface area (Å²) in [5, 5.41) is 21.0. The predicted octanol–water partition coefficient (Wildman–Crippen LogP) is 7.38. The molecule has 0 fully saturated rings. The molecule has 0 saturated heterocycles. The molecule has 5 aromatic carbocycles. The number of methoxy groups -OCH3 is 2. The highest BCUT2D eigenvalue weighted by Crippen LogP contribution is 2.35. The second-order valence-electron chi connectivity index (χ2n) is 10.9. The molecule has 0 bridgehead atoms. The molecule has 0 aliphatic carbocycles. The maximum absolute atomic E-state index is 11.7. The summed E-state index contributed by atoms with van der Waals surface area (Å²) in [5.74, 6) is -1.21. The molecule has 14 heteroatoms. The van der Waals surface area contributed by atoms with Gasteiger partial charge >= 0.3 is 11.9 Å². The maximum Gasteiger partial charge on any atom is 0.337 e. The highest BCUT2D eigenvalue weighted by atomic mass is 79.9. The van der Waals surface area contributed by atoms with E-state index in [9.17, 15) is 14.4 Å². The minimum Gasteiger partial charge on any atom is -0.495 e. The summed E-state index contributed by atoms with van der Waals surface area (Å²) in [6, 6.07) is 29.4. The normalized spacial score (nSPS) is 10.1. The smallest absolute Gasteiger partial charge is 0.337 e. The molecule has 0 saturated carbocycles. The van der Waals surface area contributed by atoms with E-state index in [2.05, 4.69) is 43.9 Å². The molecule has 0 radical (unpaired) electrons. The van der Waals surface area contributed by atoms with Crippen LogP contribution in [0.15, 0.2) is 121 Å². The predicted molar refractivity (Wildman–Crippen MR) is 210 cm³/mol. The number of rotatable bonds is 8. The van der Waals surface area contributed by atoms with E-state index < -0.39 is 11.9 Å². The third-order valence-corrected chi connectivity index (χ3v) is 8.03. The van der Waals surface area contributed by atoms with Crippen molar-refractivity contribution in [2.75, 3.05) is 36.7 Å². The van der Waals surface area contributed by atoms with Crippen LogP contribution in [0.4, 0.5) is 22.9 Å². The van der Waals surface area contributed by atoms with Gasteiger partial charge in [-0.25, -0.2) is 19.6 Å². The van der Waals surface area contributed by atoms with Crippen LogP contribution >= 0.6 is 15.9 Å². The molecule has 270 valence electrons. The molecular weight excluding hydrogens is 744 g/mol. The van der Waals surface area contributed by atoms with Crippen molar-refractivity contribution in [1.82, 2.24) is 9.97 Å². The van der Waals surface area contributed by atoms with Crippen molar-refractivity contribution in [2.24, 2.45) is 0 Å². The zero-order chi connectivity index (χ0) is 38.7. The fourth-order valence-electron chi connectivity index (χ4n) is 5.01. The molecule has 6 rings (SSSR count). The Kier molecular flexibility index (Phi) is 13.1. The highest BCUT2D eigenvalue weighted by Gasteiger charge is 2.14. The van der Waals surface area contributed by atoms with Gasteiger partial charge < -0.3 is 42.2 Å². The van der Waals surface area contributed by atoms with Crippen LogP contribution < -0.4 is 32.0 Å². The summed E-state index contributed by atoms with van der Waals surface area (Å²) >= 11 is 3.16. The number of nitrogens with zero attached hydrogens (tertiary/aromatic N) is 2. The van der Waals surface area contributed by atoms with Crippen molar-refractivity contribution < 1.29 is 34.1 Å². The van der Waals surface area contributed by atoms with Crippen LogP contribution in [0.25, 0.3) is 33.2 Å². The van der Waals surface area contributed by atoms with Gasteiger partial charge in [-0.05, 0) is 71.3 Å². The van der Waals surface area contributed by atoms with Gasteiger partial charge in [-0.3, -0.25) is 4.79 Å². The van der Waals surface area contributed by atoms with Gasteiger partial charge in [-0.15, -0.1) is 0 Å². The van der Waals surface area contributed by atoms with E-state index in [0.29, 0.717) is 27.5 Å². The number of nitrogens with one attached hydrogen (secondary N) is 1. The Hall–Kier alpha value is -6.93. The third kappa shape index (κ3) is 9.65. The van der Waals surface area contributed by atoms with Gasteiger partial charge in [0, 0.05) is 21.1 Å². The van der Waals surface area contributed by atoms with Crippen LogP contribution in [-0.2, 0) is 4.79 Å². The van der Waals surface area contributed by atoms with E-state index in [0.717, 1.165) is 33.2 Å². The number of aromatic carboxylic acids is 2. The van der Waals surface area contributed by atoms with E-state index in [4.69, 9.17) is 36.9 Å². The van der Waals surface area contributed by atoms with Gasteiger partial charge in [0.2, 0.25) is 5.91 Å². The van der Waals surface area contributed by atoms with E-state index in [1.165, 1.54) is 38.8 Å². The number of fused-ring (bicyclic) bond motifs is 1. The first-order chi connectivity index (χ1) is 25.4. The Balaban J connectivity index is 0.000000208. The average Bonchev–Trinajstić information content (AvgIpc) is 3.16. The number of para-hydroxylation sites is 1. The van der Waals surface area contributed by atoms with Gasteiger partial charge in [0.15, 0.2) is 0 Å². The number of hydrogen-bond acceptors (Lipinski definition) is 10. The van der Waals surface area contributed by atoms with Crippen molar-refractivity contribution in [1.29, 1.82) is 0 Å². The number of carbonyl (C=O) groups is 3. The van der Waals surface area contributed by atoms with E-state index in [1.807, 2.05) is 60.7 Å². The summed E-state index contributed by atoms with van der Waals surface area (Å²) in [6.07, 6.45) is 2.71. The molecule has 0 unspecified atom stereocenters. The molecule has 1 aromatic heterocycles. The monoisotopic (exact) mass is 778 g/mol. The Bertz CT molecular complexity index is 2300. The number of aromatic nitrogens is 2. The molecule has 0 aliphatic rings. The van der Waals surface area contributed by atoms with Crippen molar-refractivity contribution >= 4 is 67.6 Å². The van der Waals surface area contributed by atoms with Gasteiger partial charge in [-0.2, -0.15) is 0 Å². The summed E-state index contributed by atoms with van der Waals surface area (Å²) in [6.45, 7) is 3.49. The van der Waals surface area contributed by atoms with Gasteiger partial charge in [-0.1, -0.05) is 71.0 Å². The first-order valence-corrected chi connectivity index (χ1v) is 16.3. The van der Waals surface area contributed by atoms with Crippen LogP contribution in [0.1, 0.15) is 20.7 Å². The standard InChI is InChI=1S/C23H18N4O.C8H8BrNO3.C8H9NO3/c1-2-21(28)27-18-10-6-9-16(11-18)19-12-17(15-7-4-3-5-8-15)13-20-22(19)25-14-26-23(20)24;1-13-6-3-4(9)2-5(7(6)10)8(11)12;1-12-6-4-2-3-5(7(6)9)8(10)11/h2-14H,1H2,(H,27,28)(H2,24,25,26);2-3H,10H2,1H3,(H,11,12);2-4H,9H2,1H3,(H,10,11). The topological polar surface area (TPSA) is 226 Å². The number of carboxylic acids is 2. The summed E-state index contributed by atoms with van der Waals surface area (Å²) < 4.78 is 10.4. The van der Waals surface area contributed by atoms with Crippen molar-refractivity contribution in [2.45, 2.75) is 0 Å². The molecule has 0 atom stereocenters. The van der Waals surface area contributed by atoms with E-state index in [1.54, 1.807) is 18.2 Å².